The standard InChI is InChI=1S/C7H14NO2.Sn.H/c1-5-8-6(9)10-7(2,3)4;;/h1,5H2,2-4H3,(H,8,9);;. The minimum atomic E-state index is -0.380. The van der Waals surface area contributed by atoms with Gasteiger partial charge in [-0.3, -0.25) is 0 Å². The first-order valence-electron chi connectivity index (χ1n) is 3.62. The molecule has 0 aliphatic heterocycles. The van der Waals surface area contributed by atoms with E-state index < -0.39 is 0 Å². The second-order valence-electron chi connectivity index (χ2n) is 3.22. The van der Waals surface area contributed by atoms with Gasteiger partial charge in [0.2, 0.25) is 0 Å². The number of alkyl carbamates (subject to hydrolysis) is 1. The number of amides is 1. The first kappa shape index (κ1) is 11.1. The van der Waals surface area contributed by atoms with Gasteiger partial charge in [0.25, 0.3) is 0 Å². The fourth-order valence-corrected chi connectivity index (χ4v) is 0.900. The quantitative estimate of drug-likeness (QED) is 0.750. The van der Waals surface area contributed by atoms with Gasteiger partial charge in [-0.05, 0) is 0 Å². The van der Waals surface area contributed by atoms with Crippen LogP contribution in [0.15, 0.2) is 0 Å². The summed E-state index contributed by atoms with van der Waals surface area (Å²) in [6.45, 7) is 6.29. The Morgan fingerprint density at radius 3 is 2.45 bits per heavy atom. The average molecular weight is 264 g/mol. The van der Waals surface area contributed by atoms with Crippen LogP contribution in [-0.2, 0) is 4.74 Å². The predicted molar refractivity (Wildman–Crippen MR) is 46.2 cm³/mol. The molecule has 3 nitrogen and oxygen atoms in total. The molecule has 0 heterocycles. The first-order valence-corrected chi connectivity index (χ1v) is 5.95. The van der Waals surface area contributed by atoms with Gasteiger partial charge in [-0.15, -0.1) is 0 Å². The number of hydrogen-bond acceptors (Lipinski definition) is 2. The normalized spacial score (nSPS) is 10.9. The van der Waals surface area contributed by atoms with E-state index in [0.29, 0.717) is 0 Å². The fraction of sp³-hybridized carbons (Fsp3) is 0.857. The van der Waals surface area contributed by atoms with Crippen LogP contribution in [0.4, 0.5) is 4.79 Å². The Bertz CT molecular complexity index is 131. The van der Waals surface area contributed by atoms with Crippen LogP contribution in [0.3, 0.4) is 0 Å². The average Bonchev–Trinajstić information content (AvgIpc) is 1.79. The van der Waals surface area contributed by atoms with E-state index in [4.69, 9.17) is 4.74 Å². The van der Waals surface area contributed by atoms with Gasteiger partial charge in [-0.2, -0.15) is 0 Å². The second kappa shape index (κ2) is 4.85. The molecule has 1 N–H and O–H groups in total. The van der Waals surface area contributed by atoms with Crippen molar-refractivity contribution in [1.29, 1.82) is 0 Å². The molecule has 4 heteroatoms. The molecular formula is C7H15NO2Sn. The topological polar surface area (TPSA) is 38.3 Å². The number of carbonyl (C=O) groups excluding carboxylic acids is 1. The van der Waals surface area contributed by atoms with Gasteiger partial charge >= 0.3 is 80.8 Å². The molecule has 0 bridgehead atoms. The Balaban J connectivity index is 3.53. The molecular weight excluding hydrogens is 249 g/mol. The maximum absolute atomic E-state index is 10.9. The monoisotopic (exact) mass is 265 g/mol. The molecule has 11 heavy (non-hydrogen) atoms. The van der Waals surface area contributed by atoms with Crippen molar-refractivity contribution >= 4 is 28.6 Å². The molecule has 64 valence electrons. The van der Waals surface area contributed by atoms with E-state index in [2.05, 4.69) is 5.32 Å². The van der Waals surface area contributed by atoms with Crippen molar-refractivity contribution in [3.8, 4) is 0 Å². The molecule has 0 saturated carbocycles. The summed E-state index contributed by atoms with van der Waals surface area (Å²) in [4.78, 5) is 10.9. The molecule has 0 aromatic carbocycles. The third kappa shape index (κ3) is 7.97. The zero-order chi connectivity index (χ0) is 8.91. The number of rotatable bonds is 2. The molecule has 0 saturated heterocycles. The molecule has 0 aliphatic carbocycles. The van der Waals surface area contributed by atoms with Crippen molar-refractivity contribution in [2.45, 2.75) is 30.8 Å². The van der Waals surface area contributed by atoms with Crippen LogP contribution in [0.2, 0.25) is 4.44 Å². The van der Waals surface area contributed by atoms with Crippen LogP contribution in [-0.4, -0.2) is 40.8 Å². The molecule has 0 unspecified atom stereocenters. The molecule has 0 fully saturated rings. The van der Waals surface area contributed by atoms with Crippen LogP contribution in [0.5, 0.6) is 0 Å². The SMILES string of the molecule is CC(C)(C)OC(=O)NC[CH2][SnH]. The summed E-state index contributed by atoms with van der Waals surface area (Å²) in [5.74, 6) is 0. The predicted octanol–water partition coefficient (Wildman–Crippen LogP) is 0.830. The number of hydrogen-bond donors (Lipinski definition) is 1. The van der Waals surface area contributed by atoms with Crippen molar-refractivity contribution in [3.63, 3.8) is 0 Å². The third-order valence-corrected chi connectivity index (χ3v) is 1.64. The second-order valence-corrected chi connectivity index (χ2v) is 4.87. The molecule has 0 aromatic rings. The minimum absolute atomic E-state index is 0.313. The molecule has 0 aliphatic rings. The number of carbonyl (C=O) groups is 1. The Morgan fingerprint density at radius 1 is 1.55 bits per heavy atom. The van der Waals surface area contributed by atoms with Gasteiger partial charge in [-0.25, -0.2) is 0 Å². The van der Waals surface area contributed by atoms with Crippen molar-refractivity contribution in [3.05, 3.63) is 0 Å². The Labute approximate surface area is 81.0 Å². The summed E-state index contributed by atoms with van der Waals surface area (Å²) in [5, 5.41) is 2.66. The van der Waals surface area contributed by atoms with Crippen LogP contribution >= 0.6 is 0 Å². The zero-order valence-electron chi connectivity index (χ0n) is 7.31. The van der Waals surface area contributed by atoms with Gasteiger partial charge in [0.15, 0.2) is 0 Å². The third-order valence-electron chi connectivity index (χ3n) is 0.813. The molecule has 0 spiro atoms. The van der Waals surface area contributed by atoms with Crippen molar-refractivity contribution < 1.29 is 9.53 Å². The summed E-state index contributed by atoms with van der Waals surface area (Å²) in [6, 6.07) is 0. The van der Waals surface area contributed by atoms with E-state index in [1.165, 1.54) is 22.5 Å². The van der Waals surface area contributed by atoms with Crippen LogP contribution < -0.4 is 5.32 Å². The summed E-state index contributed by atoms with van der Waals surface area (Å²) in [7, 11) is 0. The fourth-order valence-electron chi connectivity index (χ4n) is 0.488. The number of nitrogens with one attached hydrogen (secondary N) is 1. The van der Waals surface area contributed by atoms with E-state index in [1.54, 1.807) is 0 Å². The van der Waals surface area contributed by atoms with Gasteiger partial charge in [0.05, 0.1) is 0 Å². The molecule has 2 radical (unpaired) electrons. The molecule has 0 aromatic heterocycles. The van der Waals surface area contributed by atoms with E-state index in [9.17, 15) is 4.79 Å². The van der Waals surface area contributed by atoms with Gasteiger partial charge in [0.1, 0.15) is 0 Å². The van der Waals surface area contributed by atoms with Gasteiger partial charge in [-0.1, -0.05) is 0 Å². The summed E-state index contributed by atoms with van der Waals surface area (Å²) >= 11 is 1.17. The Hall–Kier alpha value is 0.0687. The van der Waals surface area contributed by atoms with E-state index in [0.717, 1.165) is 11.0 Å². The van der Waals surface area contributed by atoms with Crippen molar-refractivity contribution in [2.75, 3.05) is 6.54 Å². The van der Waals surface area contributed by atoms with Crippen LogP contribution in [0, 0.1) is 0 Å². The molecule has 1 amide bonds. The van der Waals surface area contributed by atoms with E-state index >= 15 is 0 Å². The summed E-state index contributed by atoms with van der Waals surface area (Å²) in [6.07, 6.45) is -0.313. The Kier molecular flexibility index (Phi) is 4.88. The van der Waals surface area contributed by atoms with Gasteiger partial charge < -0.3 is 0 Å². The van der Waals surface area contributed by atoms with Crippen molar-refractivity contribution in [2.24, 2.45) is 0 Å². The first-order chi connectivity index (χ1) is 4.95. The zero-order valence-corrected chi connectivity index (χ0v) is 10.6. The summed E-state index contributed by atoms with van der Waals surface area (Å²) in [5.41, 5.74) is -0.380. The maximum atomic E-state index is 10.9. The van der Waals surface area contributed by atoms with Gasteiger partial charge in [0, 0.05) is 0 Å². The van der Waals surface area contributed by atoms with Crippen molar-refractivity contribution in [1.82, 2.24) is 5.32 Å². The number of ether oxygens (including phenoxy) is 1. The van der Waals surface area contributed by atoms with E-state index in [-0.39, 0.29) is 11.7 Å². The molecule has 0 rings (SSSR count). The van der Waals surface area contributed by atoms with Crippen LogP contribution in [0.25, 0.3) is 0 Å². The van der Waals surface area contributed by atoms with Crippen LogP contribution in [0.1, 0.15) is 20.8 Å². The van der Waals surface area contributed by atoms with E-state index in [1.807, 2.05) is 20.8 Å². The molecule has 0 atom stereocenters. The summed E-state index contributed by atoms with van der Waals surface area (Å²) < 4.78 is 6.06. The Morgan fingerprint density at radius 2 is 2.09 bits per heavy atom.